The maximum atomic E-state index is 11.9. The van der Waals surface area contributed by atoms with Crippen molar-refractivity contribution in [2.45, 2.75) is 39.2 Å². The lowest BCUT2D eigenvalue weighted by Crippen LogP contribution is -2.63. The molecule has 0 aromatic heterocycles. The molecule has 0 saturated carbocycles. The summed E-state index contributed by atoms with van der Waals surface area (Å²) in [6, 6.07) is 0. The smallest absolute Gasteiger partial charge is 0.444 e. The van der Waals surface area contributed by atoms with Crippen LogP contribution in [0.25, 0.3) is 0 Å². The molecule has 1 heterocycles. The quantitative estimate of drug-likeness (QED) is 0.814. The average molecular weight is 342 g/mol. The topological polar surface area (TPSA) is 88.1 Å². The van der Waals surface area contributed by atoms with Crippen LogP contribution in [0.3, 0.4) is 0 Å². The van der Waals surface area contributed by atoms with Crippen LogP contribution in [0.4, 0.5) is 22.8 Å². The van der Waals surface area contributed by atoms with Gasteiger partial charge in [0.25, 0.3) is 0 Å². The van der Waals surface area contributed by atoms with Gasteiger partial charge in [0.05, 0.1) is 0 Å². The van der Waals surface area contributed by atoms with E-state index in [0.29, 0.717) is 0 Å². The van der Waals surface area contributed by atoms with Crippen molar-refractivity contribution in [3.8, 4) is 0 Å². The summed E-state index contributed by atoms with van der Waals surface area (Å²) in [5, 5.41) is 11.1. The van der Waals surface area contributed by atoms with Crippen molar-refractivity contribution >= 4 is 12.2 Å². The number of carbonyl (C=O) groups is 2. The number of alkyl carbamates (subject to hydrolysis) is 1. The summed E-state index contributed by atoms with van der Waals surface area (Å²) in [5.74, 6) is 0. The molecule has 1 saturated heterocycles. The number of hydrogen-bond acceptors (Lipinski definition) is 5. The van der Waals surface area contributed by atoms with E-state index in [1.165, 1.54) is 4.90 Å². The minimum Gasteiger partial charge on any atom is -0.444 e. The van der Waals surface area contributed by atoms with Crippen LogP contribution >= 0.6 is 0 Å². The van der Waals surface area contributed by atoms with Crippen molar-refractivity contribution in [3.63, 3.8) is 0 Å². The third kappa shape index (κ3) is 6.51. The van der Waals surface area contributed by atoms with Gasteiger partial charge >= 0.3 is 18.5 Å². The van der Waals surface area contributed by atoms with Gasteiger partial charge in [0.1, 0.15) is 5.60 Å². The van der Waals surface area contributed by atoms with Gasteiger partial charge in [0.15, 0.2) is 0 Å². The molecule has 2 N–H and O–H groups in total. The molecule has 0 atom stereocenters. The zero-order valence-electron chi connectivity index (χ0n) is 13.2. The lowest BCUT2D eigenvalue weighted by atomic mass is 9.77. The zero-order valence-corrected chi connectivity index (χ0v) is 13.2. The van der Waals surface area contributed by atoms with Gasteiger partial charge in [-0.05, 0) is 27.2 Å². The third-order valence-electron chi connectivity index (χ3n) is 3.16. The van der Waals surface area contributed by atoms with Crippen molar-refractivity contribution in [3.05, 3.63) is 0 Å². The van der Waals surface area contributed by atoms with E-state index in [4.69, 9.17) is 9.84 Å². The van der Waals surface area contributed by atoms with Crippen LogP contribution in [0.15, 0.2) is 0 Å². The maximum absolute atomic E-state index is 11.9. The van der Waals surface area contributed by atoms with Gasteiger partial charge in [0, 0.05) is 31.7 Å². The molecule has 0 spiro atoms. The minimum atomic E-state index is -5.06. The van der Waals surface area contributed by atoms with Crippen LogP contribution in [0.5, 0.6) is 0 Å². The zero-order chi connectivity index (χ0) is 17.9. The van der Waals surface area contributed by atoms with Gasteiger partial charge in [0.2, 0.25) is 0 Å². The van der Waals surface area contributed by atoms with E-state index in [2.05, 4.69) is 4.74 Å². The Morgan fingerprint density at radius 2 is 1.78 bits per heavy atom. The van der Waals surface area contributed by atoms with Crippen molar-refractivity contribution in [2.75, 3.05) is 26.2 Å². The van der Waals surface area contributed by atoms with Gasteiger partial charge < -0.3 is 24.8 Å². The van der Waals surface area contributed by atoms with Crippen LogP contribution in [0, 0.1) is 5.41 Å². The summed E-state index contributed by atoms with van der Waals surface area (Å²) in [7, 11) is 0. The molecule has 1 aliphatic heterocycles. The molecular weight excluding hydrogens is 321 g/mol. The van der Waals surface area contributed by atoms with E-state index >= 15 is 0 Å². The van der Waals surface area contributed by atoms with Gasteiger partial charge in [-0.1, -0.05) is 0 Å². The second-order valence-corrected chi connectivity index (χ2v) is 6.50. The van der Waals surface area contributed by atoms with E-state index in [0.717, 1.165) is 0 Å². The largest absolute Gasteiger partial charge is 0.576 e. The van der Waals surface area contributed by atoms with E-state index in [9.17, 15) is 22.8 Å². The Morgan fingerprint density at radius 3 is 2.22 bits per heavy atom. The molecule has 23 heavy (non-hydrogen) atoms. The number of alkyl halides is 3. The number of aliphatic hydroxyl groups excluding tert-OH is 1. The Kier molecular flexibility index (Phi) is 5.73. The minimum absolute atomic E-state index is 0.151. The Labute approximate surface area is 131 Å². The Hall–Kier alpha value is -1.71. The first-order chi connectivity index (χ1) is 10.4. The summed E-state index contributed by atoms with van der Waals surface area (Å²) < 4.78 is 44.1. The van der Waals surface area contributed by atoms with Crippen molar-refractivity contribution in [2.24, 2.45) is 5.41 Å². The number of likely N-dealkylation sites (tertiary alicyclic amines) is 1. The van der Waals surface area contributed by atoms with E-state index < -0.39 is 29.6 Å². The molecule has 0 radical (unpaired) electrons. The highest BCUT2D eigenvalue weighted by Gasteiger charge is 2.46. The number of amides is 2. The molecule has 2 amide bonds. The fourth-order valence-corrected chi connectivity index (χ4v) is 2.22. The highest BCUT2D eigenvalue weighted by Crippen LogP contribution is 2.34. The molecule has 0 bridgehead atoms. The first-order valence-electron chi connectivity index (χ1n) is 6.98. The summed E-state index contributed by atoms with van der Waals surface area (Å²) in [4.78, 5) is 24.2. The molecule has 1 aliphatic rings. The van der Waals surface area contributed by atoms with Gasteiger partial charge in [-0.15, -0.1) is 13.2 Å². The maximum Gasteiger partial charge on any atom is 0.576 e. The molecule has 1 fully saturated rings. The molecule has 0 aromatic carbocycles. The number of nitrogens with zero attached hydrogens (tertiary/aromatic N) is 1. The second-order valence-electron chi connectivity index (χ2n) is 6.50. The highest BCUT2D eigenvalue weighted by molar-refractivity contribution is 5.70. The van der Waals surface area contributed by atoms with Crippen molar-refractivity contribution in [1.29, 1.82) is 0 Å². The number of aliphatic hydroxyl groups is 1. The van der Waals surface area contributed by atoms with Gasteiger partial charge in [-0.3, -0.25) is 0 Å². The van der Waals surface area contributed by atoms with Crippen molar-refractivity contribution in [1.82, 2.24) is 10.2 Å². The first kappa shape index (κ1) is 19.3. The molecule has 0 aromatic rings. The monoisotopic (exact) mass is 342 g/mol. The summed E-state index contributed by atoms with van der Waals surface area (Å²) in [6.07, 6.45) is -7.01. The first-order valence-corrected chi connectivity index (χ1v) is 6.98. The predicted octanol–water partition coefficient (Wildman–Crippen LogP) is 1.85. The number of nitrogens with one attached hydrogen (secondary N) is 1. The Morgan fingerprint density at radius 1 is 1.22 bits per heavy atom. The van der Waals surface area contributed by atoms with Crippen LogP contribution < -0.4 is 5.32 Å². The number of hydrogen-bond donors (Lipinski definition) is 2. The third-order valence-corrected chi connectivity index (χ3v) is 3.16. The van der Waals surface area contributed by atoms with Crippen LogP contribution in [0.2, 0.25) is 0 Å². The van der Waals surface area contributed by atoms with Crippen LogP contribution in [0.1, 0.15) is 27.2 Å². The van der Waals surface area contributed by atoms with Crippen molar-refractivity contribution < 1.29 is 37.3 Å². The SMILES string of the molecule is CC(C)(C)OC(=O)N1CC(CCO)(CNC(=O)OC(F)(F)F)C1. The summed E-state index contributed by atoms with van der Waals surface area (Å²) in [5.41, 5.74) is -1.36. The van der Waals surface area contributed by atoms with Crippen LogP contribution in [-0.4, -0.2) is 60.4 Å². The molecule has 1 rings (SSSR count). The van der Waals surface area contributed by atoms with E-state index in [1.54, 1.807) is 20.8 Å². The van der Waals surface area contributed by atoms with E-state index in [-0.39, 0.29) is 32.7 Å². The van der Waals surface area contributed by atoms with E-state index in [1.807, 2.05) is 5.32 Å². The van der Waals surface area contributed by atoms with Gasteiger partial charge in [-0.2, -0.15) is 0 Å². The average Bonchev–Trinajstić information content (AvgIpc) is 2.27. The van der Waals surface area contributed by atoms with Gasteiger partial charge in [-0.25, -0.2) is 9.59 Å². The summed E-state index contributed by atoms with van der Waals surface area (Å²) in [6.45, 7) is 5.07. The van der Waals surface area contributed by atoms with Crippen LogP contribution in [-0.2, 0) is 9.47 Å². The lowest BCUT2D eigenvalue weighted by Gasteiger charge is -2.49. The fraction of sp³-hybridized carbons (Fsp3) is 0.846. The molecule has 10 heteroatoms. The standard InChI is InChI=1S/C13H21F3N2O5/c1-11(2,3)23-10(21)18-7-12(8-18,4-5-19)6-17-9(20)22-13(14,15)16/h19H,4-8H2,1-3H3,(H,17,20). The molecule has 0 aliphatic carbocycles. The Balaban J connectivity index is 2.51. The number of halogens is 3. The number of carbonyl (C=O) groups excluding carboxylic acids is 2. The Bertz CT molecular complexity index is 436. The number of rotatable bonds is 4. The molecule has 0 unspecified atom stereocenters. The lowest BCUT2D eigenvalue weighted by molar-refractivity contribution is -0.291. The molecule has 7 nitrogen and oxygen atoms in total. The number of ether oxygens (including phenoxy) is 2. The molecule has 134 valence electrons. The highest BCUT2D eigenvalue weighted by atomic mass is 19.4. The second kappa shape index (κ2) is 6.81. The summed E-state index contributed by atoms with van der Waals surface area (Å²) >= 11 is 0. The predicted molar refractivity (Wildman–Crippen MR) is 72.5 cm³/mol. The fourth-order valence-electron chi connectivity index (χ4n) is 2.22. The molecular formula is C13H21F3N2O5. The normalized spacial score (nSPS) is 17.3.